The second-order valence-corrected chi connectivity index (χ2v) is 6.28. The summed E-state index contributed by atoms with van der Waals surface area (Å²) in [6.45, 7) is 0.769. The van der Waals surface area contributed by atoms with Crippen LogP contribution in [0.5, 0.6) is 0 Å². The molecule has 0 saturated heterocycles. The normalized spacial score (nSPS) is 10.3. The van der Waals surface area contributed by atoms with Crippen molar-refractivity contribution >= 4 is 50.4 Å². The molecule has 0 fully saturated rings. The summed E-state index contributed by atoms with van der Waals surface area (Å²) in [5.41, 5.74) is 8.54. The van der Waals surface area contributed by atoms with Crippen molar-refractivity contribution in [2.45, 2.75) is 6.54 Å². The molecule has 0 aliphatic heterocycles. The van der Waals surface area contributed by atoms with Gasteiger partial charge in [0.25, 0.3) is 0 Å². The van der Waals surface area contributed by atoms with E-state index in [0.717, 1.165) is 22.3 Å². The van der Waals surface area contributed by atoms with E-state index in [1.54, 1.807) is 6.07 Å². The van der Waals surface area contributed by atoms with Gasteiger partial charge >= 0.3 is 0 Å². The van der Waals surface area contributed by atoms with Gasteiger partial charge in [0, 0.05) is 23.6 Å². The minimum absolute atomic E-state index is 0.355. The fourth-order valence-electron chi connectivity index (χ4n) is 1.96. The molecule has 0 amide bonds. The number of nitrogens with two attached hydrogens (primary N) is 1. The SMILES string of the molecule is CN(Cc1cccc(Br)c1)c1ccc(C(N)=S)cc1Cl. The van der Waals surface area contributed by atoms with Crippen LogP contribution in [0.25, 0.3) is 0 Å². The molecular formula is C15H14BrClN2S. The summed E-state index contributed by atoms with van der Waals surface area (Å²) in [5.74, 6) is 0. The average Bonchev–Trinajstić information content (AvgIpc) is 2.38. The molecule has 0 bridgehead atoms. The minimum Gasteiger partial charge on any atom is -0.389 e. The second-order valence-electron chi connectivity index (χ2n) is 4.52. The van der Waals surface area contributed by atoms with E-state index in [-0.39, 0.29) is 0 Å². The van der Waals surface area contributed by atoms with Crippen LogP contribution in [0.3, 0.4) is 0 Å². The van der Waals surface area contributed by atoms with E-state index in [1.165, 1.54) is 5.56 Å². The Labute approximate surface area is 137 Å². The van der Waals surface area contributed by atoms with Crippen molar-refractivity contribution in [3.8, 4) is 0 Å². The smallest absolute Gasteiger partial charge is 0.104 e. The number of hydrogen-bond donors (Lipinski definition) is 1. The fraction of sp³-hybridized carbons (Fsp3) is 0.133. The summed E-state index contributed by atoms with van der Waals surface area (Å²) in [4.78, 5) is 2.45. The molecule has 2 aromatic rings. The van der Waals surface area contributed by atoms with Gasteiger partial charge < -0.3 is 10.6 Å². The summed E-state index contributed by atoms with van der Waals surface area (Å²) in [6, 6.07) is 13.8. The molecule has 0 saturated carbocycles. The third kappa shape index (κ3) is 3.72. The second kappa shape index (κ2) is 6.57. The molecule has 0 aliphatic rings. The minimum atomic E-state index is 0.355. The highest BCUT2D eigenvalue weighted by molar-refractivity contribution is 9.10. The highest BCUT2D eigenvalue weighted by Gasteiger charge is 2.09. The van der Waals surface area contributed by atoms with Crippen LogP contribution in [-0.4, -0.2) is 12.0 Å². The van der Waals surface area contributed by atoms with Gasteiger partial charge in [-0.25, -0.2) is 0 Å². The summed E-state index contributed by atoms with van der Waals surface area (Å²) < 4.78 is 1.07. The molecule has 104 valence electrons. The topological polar surface area (TPSA) is 29.3 Å². The molecule has 0 aromatic heterocycles. The van der Waals surface area contributed by atoms with E-state index in [2.05, 4.69) is 33.0 Å². The zero-order valence-electron chi connectivity index (χ0n) is 10.9. The number of benzene rings is 2. The summed E-state index contributed by atoms with van der Waals surface area (Å²) in [6.07, 6.45) is 0. The third-order valence-electron chi connectivity index (χ3n) is 2.95. The molecule has 0 spiro atoms. The molecule has 20 heavy (non-hydrogen) atoms. The van der Waals surface area contributed by atoms with Crippen molar-refractivity contribution < 1.29 is 0 Å². The van der Waals surface area contributed by atoms with Gasteiger partial charge in [-0.3, -0.25) is 0 Å². The van der Waals surface area contributed by atoms with E-state index >= 15 is 0 Å². The molecule has 0 atom stereocenters. The molecule has 2 N–H and O–H groups in total. The number of halogens is 2. The highest BCUT2D eigenvalue weighted by Crippen LogP contribution is 2.27. The molecule has 0 heterocycles. The summed E-state index contributed by atoms with van der Waals surface area (Å²) >= 11 is 14.7. The molecule has 5 heteroatoms. The van der Waals surface area contributed by atoms with Gasteiger partial charge in [-0.1, -0.05) is 51.9 Å². The lowest BCUT2D eigenvalue weighted by atomic mass is 10.1. The fourth-order valence-corrected chi connectivity index (χ4v) is 2.86. The molecule has 2 nitrogen and oxygen atoms in total. The first-order valence-corrected chi connectivity index (χ1v) is 7.60. The maximum absolute atomic E-state index is 6.30. The van der Waals surface area contributed by atoms with E-state index in [0.29, 0.717) is 10.0 Å². The lowest BCUT2D eigenvalue weighted by Crippen LogP contribution is -2.17. The first kappa shape index (κ1) is 15.3. The van der Waals surface area contributed by atoms with Crippen LogP contribution in [0.2, 0.25) is 5.02 Å². The van der Waals surface area contributed by atoms with Gasteiger partial charge in [0.2, 0.25) is 0 Å². The largest absolute Gasteiger partial charge is 0.389 e. The quantitative estimate of drug-likeness (QED) is 0.811. The maximum atomic E-state index is 6.30. The Hall–Kier alpha value is -1.10. The average molecular weight is 370 g/mol. The van der Waals surface area contributed by atoms with Gasteiger partial charge in [-0.2, -0.15) is 0 Å². The Bertz CT molecular complexity index is 646. The molecule has 0 aliphatic carbocycles. The lowest BCUT2D eigenvalue weighted by molar-refractivity contribution is 0.922. The van der Waals surface area contributed by atoms with Crippen LogP contribution in [0, 0.1) is 0 Å². The third-order valence-corrected chi connectivity index (χ3v) is 3.98. The first-order valence-electron chi connectivity index (χ1n) is 6.02. The Morgan fingerprint density at radius 1 is 1.30 bits per heavy atom. The van der Waals surface area contributed by atoms with Gasteiger partial charge in [0.1, 0.15) is 4.99 Å². The summed E-state index contributed by atoms with van der Waals surface area (Å²) in [5, 5.41) is 0.646. The van der Waals surface area contributed by atoms with Gasteiger partial charge in [0.15, 0.2) is 0 Å². The van der Waals surface area contributed by atoms with Crippen molar-refractivity contribution in [1.29, 1.82) is 0 Å². The monoisotopic (exact) mass is 368 g/mol. The van der Waals surface area contributed by atoms with Crippen molar-refractivity contribution in [3.63, 3.8) is 0 Å². The Morgan fingerprint density at radius 3 is 2.65 bits per heavy atom. The number of rotatable bonds is 4. The first-order chi connectivity index (χ1) is 9.47. The lowest BCUT2D eigenvalue weighted by Gasteiger charge is -2.21. The van der Waals surface area contributed by atoms with Crippen molar-refractivity contribution in [1.82, 2.24) is 0 Å². The zero-order valence-corrected chi connectivity index (χ0v) is 14.1. The molecule has 0 unspecified atom stereocenters. The van der Waals surface area contributed by atoms with E-state index < -0.39 is 0 Å². The van der Waals surface area contributed by atoms with E-state index in [9.17, 15) is 0 Å². The predicted molar refractivity (Wildman–Crippen MR) is 93.6 cm³/mol. The van der Waals surface area contributed by atoms with Crippen LogP contribution in [-0.2, 0) is 6.54 Å². The maximum Gasteiger partial charge on any atom is 0.104 e. The number of thiocarbonyl (C=S) groups is 1. The summed E-state index contributed by atoms with van der Waals surface area (Å²) in [7, 11) is 2.00. The Balaban J connectivity index is 2.21. The van der Waals surface area contributed by atoms with Crippen LogP contribution >= 0.6 is 39.7 Å². The van der Waals surface area contributed by atoms with E-state index in [1.807, 2.05) is 31.3 Å². The van der Waals surface area contributed by atoms with Gasteiger partial charge in [-0.15, -0.1) is 0 Å². The molecule has 2 aromatic carbocycles. The molecule has 0 radical (unpaired) electrons. The van der Waals surface area contributed by atoms with Crippen molar-refractivity contribution in [2.24, 2.45) is 5.73 Å². The van der Waals surface area contributed by atoms with E-state index in [4.69, 9.17) is 29.6 Å². The molecular weight excluding hydrogens is 356 g/mol. The van der Waals surface area contributed by atoms with Crippen LogP contribution in [0.1, 0.15) is 11.1 Å². The van der Waals surface area contributed by atoms with Gasteiger partial charge in [-0.05, 0) is 35.9 Å². The standard InChI is InChI=1S/C15H14BrClN2S/c1-19(9-10-3-2-4-12(16)7-10)14-6-5-11(15(18)20)8-13(14)17/h2-8H,9H2,1H3,(H2,18,20). The van der Waals surface area contributed by atoms with Crippen LogP contribution in [0.4, 0.5) is 5.69 Å². The van der Waals surface area contributed by atoms with Crippen molar-refractivity contribution in [2.75, 3.05) is 11.9 Å². The van der Waals surface area contributed by atoms with Crippen LogP contribution < -0.4 is 10.6 Å². The zero-order chi connectivity index (χ0) is 14.7. The Morgan fingerprint density at radius 2 is 2.05 bits per heavy atom. The number of anilines is 1. The van der Waals surface area contributed by atoms with Crippen LogP contribution in [0.15, 0.2) is 46.9 Å². The Kier molecular flexibility index (Phi) is 5.02. The highest BCUT2D eigenvalue weighted by atomic mass is 79.9. The number of nitrogens with zero attached hydrogens (tertiary/aromatic N) is 1. The van der Waals surface area contributed by atoms with Crippen molar-refractivity contribution in [3.05, 3.63) is 63.1 Å². The molecule has 2 rings (SSSR count). The number of hydrogen-bond acceptors (Lipinski definition) is 2. The van der Waals surface area contributed by atoms with Gasteiger partial charge in [0.05, 0.1) is 10.7 Å². The predicted octanol–water partition coefficient (Wildman–Crippen LogP) is 4.37.